The van der Waals surface area contributed by atoms with Crippen molar-refractivity contribution in [3.8, 4) is 16.9 Å². The molecule has 0 atom stereocenters. The van der Waals surface area contributed by atoms with E-state index in [0.717, 1.165) is 25.2 Å². The fourth-order valence-corrected chi connectivity index (χ4v) is 2.85. The van der Waals surface area contributed by atoms with Gasteiger partial charge in [-0.1, -0.05) is 31.2 Å². The molecule has 0 fully saturated rings. The van der Waals surface area contributed by atoms with Crippen LogP contribution in [0.1, 0.15) is 29.2 Å². The fraction of sp³-hybridized carbons (Fsp3) is 0.333. The highest BCUT2D eigenvalue weighted by atomic mass is 16.5. The van der Waals surface area contributed by atoms with Crippen LogP contribution in [-0.2, 0) is 12.8 Å². The lowest BCUT2D eigenvalue weighted by Crippen LogP contribution is -1.92. The maximum Gasteiger partial charge on any atom is 0.130 e. The van der Waals surface area contributed by atoms with Crippen LogP contribution in [0.2, 0.25) is 0 Å². The molecule has 2 aromatic rings. The van der Waals surface area contributed by atoms with Gasteiger partial charge >= 0.3 is 0 Å². The highest BCUT2D eigenvalue weighted by Gasteiger charge is 2.19. The molecule has 0 N–H and O–H groups in total. The van der Waals surface area contributed by atoms with Gasteiger partial charge in [-0.2, -0.15) is 0 Å². The molecule has 0 aromatic heterocycles. The molecule has 0 spiro atoms. The molecule has 1 aliphatic heterocycles. The van der Waals surface area contributed by atoms with Crippen molar-refractivity contribution in [2.75, 3.05) is 6.61 Å². The van der Waals surface area contributed by atoms with Crippen molar-refractivity contribution in [2.24, 2.45) is 0 Å². The quantitative estimate of drug-likeness (QED) is 0.766. The number of benzene rings is 2. The molecular weight excluding hydrogens is 232 g/mol. The van der Waals surface area contributed by atoms with E-state index in [0.29, 0.717) is 0 Å². The van der Waals surface area contributed by atoms with E-state index in [1.165, 1.54) is 33.4 Å². The minimum absolute atomic E-state index is 0.818. The summed E-state index contributed by atoms with van der Waals surface area (Å²) in [6.45, 7) is 7.36. The number of hydrogen-bond acceptors (Lipinski definition) is 1. The van der Waals surface area contributed by atoms with Crippen LogP contribution in [0.15, 0.2) is 30.3 Å². The Balaban J connectivity index is 2.22. The van der Waals surface area contributed by atoms with Crippen molar-refractivity contribution < 1.29 is 4.74 Å². The molecule has 0 aliphatic carbocycles. The van der Waals surface area contributed by atoms with E-state index in [1.807, 2.05) is 0 Å². The molecule has 19 heavy (non-hydrogen) atoms. The van der Waals surface area contributed by atoms with Gasteiger partial charge in [0.1, 0.15) is 5.75 Å². The van der Waals surface area contributed by atoms with Crippen molar-refractivity contribution in [1.82, 2.24) is 0 Å². The summed E-state index contributed by atoms with van der Waals surface area (Å²) in [5.41, 5.74) is 7.97. The van der Waals surface area contributed by atoms with Crippen LogP contribution in [0, 0.1) is 13.8 Å². The molecule has 0 amide bonds. The average Bonchev–Trinajstić information content (AvgIpc) is 2.86. The highest BCUT2D eigenvalue weighted by molar-refractivity contribution is 5.76. The Kier molecular flexibility index (Phi) is 3.06. The molecule has 0 bridgehead atoms. The second-order valence-electron chi connectivity index (χ2n) is 5.40. The molecule has 1 aliphatic rings. The molecule has 2 aromatic carbocycles. The Hall–Kier alpha value is -1.76. The van der Waals surface area contributed by atoms with E-state index in [2.05, 4.69) is 51.1 Å². The zero-order valence-corrected chi connectivity index (χ0v) is 11.9. The minimum Gasteiger partial charge on any atom is -0.492 e. The largest absolute Gasteiger partial charge is 0.492 e. The topological polar surface area (TPSA) is 9.23 Å². The molecule has 1 nitrogen and oxygen atoms in total. The normalized spacial score (nSPS) is 13.2. The number of rotatable bonds is 2. The van der Waals surface area contributed by atoms with Crippen LogP contribution in [0.5, 0.6) is 5.75 Å². The van der Waals surface area contributed by atoms with Crippen LogP contribution >= 0.6 is 0 Å². The monoisotopic (exact) mass is 252 g/mol. The molecule has 98 valence electrons. The summed E-state index contributed by atoms with van der Waals surface area (Å²) in [5.74, 6) is 1.10. The Morgan fingerprint density at radius 2 is 1.89 bits per heavy atom. The first-order valence-corrected chi connectivity index (χ1v) is 7.05. The first-order chi connectivity index (χ1) is 9.19. The smallest absolute Gasteiger partial charge is 0.130 e. The Labute approximate surface area is 115 Å². The standard InChI is InChI=1S/C18H20O/c1-4-14-6-5-13(3)16(11-14)17-10-12(2)9-15-7-8-19-18(15)17/h5-6,9-11H,4,7-8H2,1-3H3. The van der Waals surface area contributed by atoms with Crippen molar-refractivity contribution in [3.05, 3.63) is 52.6 Å². The number of ether oxygens (including phenoxy) is 1. The van der Waals surface area contributed by atoms with Crippen LogP contribution < -0.4 is 4.74 Å². The van der Waals surface area contributed by atoms with E-state index < -0.39 is 0 Å². The lowest BCUT2D eigenvalue weighted by molar-refractivity contribution is 0.358. The van der Waals surface area contributed by atoms with Gasteiger partial charge in [-0.15, -0.1) is 0 Å². The third kappa shape index (κ3) is 2.14. The molecule has 1 heterocycles. The molecule has 1 heteroatoms. The third-order valence-electron chi connectivity index (χ3n) is 3.93. The van der Waals surface area contributed by atoms with Crippen LogP contribution in [0.4, 0.5) is 0 Å². The number of fused-ring (bicyclic) bond motifs is 1. The summed E-state index contributed by atoms with van der Waals surface area (Å²) < 4.78 is 5.87. The first-order valence-electron chi connectivity index (χ1n) is 7.05. The van der Waals surface area contributed by atoms with Gasteiger partial charge in [-0.25, -0.2) is 0 Å². The summed E-state index contributed by atoms with van der Waals surface area (Å²) >= 11 is 0. The lowest BCUT2D eigenvalue weighted by Gasteiger charge is -2.13. The van der Waals surface area contributed by atoms with E-state index in [1.54, 1.807) is 0 Å². The summed E-state index contributed by atoms with van der Waals surface area (Å²) in [5, 5.41) is 0. The molecule has 0 unspecified atom stereocenters. The van der Waals surface area contributed by atoms with Gasteiger partial charge in [-0.3, -0.25) is 0 Å². The van der Waals surface area contributed by atoms with Crippen LogP contribution in [-0.4, -0.2) is 6.61 Å². The molecule has 0 saturated carbocycles. The Morgan fingerprint density at radius 3 is 2.68 bits per heavy atom. The van der Waals surface area contributed by atoms with Gasteiger partial charge in [-0.05, 0) is 54.2 Å². The van der Waals surface area contributed by atoms with E-state index >= 15 is 0 Å². The molecule has 0 saturated heterocycles. The summed E-state index contributed by atoms with van der Waals surface area (Å²) in [7, 11) is 0. The minimum atomic E-state index is 0.818. The average molecular weight is 252 g/mol. The summed E-state index contributed by atoms with van der Waals surface area (Å²) in [6, 6.07) is 11.3. The number of hydrogen-bond donors (Lipinski definition) is 0. The zero-order chi connectivity index (χ0) is 13.4. The van der Waals surface area contributed by atoms with Gasteiger partial charge < -0.3 is 4.74 Å². The second-order valence-corrected chi connectivity index (χ2v) is 5.40. The predicted molar refractivity (Wildman–Crippen MR) is 79.9 cm³/mol. The van der Waals surface area contributed by atoms with Crippen LogP contribution in [0.3, 0.4) is 0 Å². The van der Waals surface area contributed by atoms with E-state index in [4.69, 9.17) is 4.74 Å². The van der Waals surface area contributed by atoms with Gasteiger partial charge in [0, 0.05) is 12.0 Å². The zero-order valence-electron chi connectivity index (χ0n) is 11.9. The second kappa shape index (κ2) is 4.73. The maximum absolute atomic E-state index is 5.87. The first kappa shape index (κ1) is 12.3. The third-order valence-corrected chi connectivity index (χ3v) is 3.93. The van der Waals surface area contributed by atoms with Gasteiger partial charge in [0.2, 0.25) is 0 Å². The molecule has 3 rings (SSSR count). The Morgan fingerprint density at radius 1 is 1.05 bits per heavy atom. The van der Waals surface area contributed by atoms with Crippen molar-refractivity contribution >= 4 is 0 Å². The predicted octanol–water partition coefficient (Wildman–Crippen LogP) is 4.47. The molecule has 0 radical (unpaired) electrons. The SMILES string of the molecule is CCc1ccc(C)c(-c2cc(C)cc3c2OCC3)c1. The highest BCUT2D eigenvalue weighted by Crippen LogP contribution is 2.39. The summed E-state index contributed by atoms with van der Waals surface area (Å²) in [6.07, 6.45) is 2.11. The van der Waals surface area contributed by atoms with E-state index in [9.17, 15) is 0 Å². The summed E-state index contributed by atoms with van der Waals surface area (Å²) in [4.78, 5) is 0. The van der Waals surface area contributed by atoms with Gasteiger partial charge in [0.15, 0.2) is 0 Å². The van der Waals surface area contributed by atoms with E-state index in [-0.39, 0.29) is 0 Å². The van der Waals surface area contributed by atoms with Crippen molar-refractivity contribution in [2.45, 2.75) is 33.6 Å². The van der Waals surface area contributed by atoms with Crippen LogP contribution in [0.25, 0.3) is 11.1 Å². The van der Waals surface area contributed by atoms with Crippen molar-refractivity contribution in [3.63, 3.8) is 0 Å². The lowest BCUT2D eigenvalue weighted by atomic mass is 9.93. The van der Waals surface area contributed by atoms with Crippen molar-refractivity contribution in [1.29, 1.82) is 0 Å². The maximum atomic E-state index is 5.87. The Bertz CT molecular complexity index is 626. The number of aryl methyl sites for hydroxylation is 3. The van der Waals surface area contributed by atoms with Gasteiger partial charge in [0.25, 0.3) is 0 Å². The van der Waals surface area contributed by atoms with Gasteiger partial charge in [0.05, 0.1) is 6.61 Å². The fourth-order valence-electron chi connectivity index (χ4n) is 2.85. The molecular formula is C18H20O.